The smallest absolute Gasteiger partial charge is 0.335 e. The van der Waals surface area contributed by atoms with Crippen molar-refractivity contribution in [1.82, 2.24) is 14.4 Å². The highest BCUT2D eigenvalue weighted by Gasteiger charge is 2.32. The van der Waals surface area contributed by atoms with Gasteiger partial charge < -0.3 is 14.8 Å². The predicted octanol–water partition coefficient (Wildman–Crippen LogP) is 1.53. The van der Waals surface area contributed by atoms with Crippen molar-refractivity contribution in [2.24, 2.45) is 7.05 Å². The zero-order valence-corrected chi connectivity index (χ0v) is 15.1. The lowest BCUT2D eigenvalue weighted by Gasteiger charge is -2.37. The summed E-state index contributed by atoms with van der Waals surface area (Å²) >= 11 is 0. The van der Waals surface area contributed by atoms with E-state index in [1.807, 2.05) is 16.5 Å². The van der Waals surface area contributed by atoms with E-state index in [-0.39, 0.29) is 5.56 Å². The van der Waals surface area contributed by atoms with Crippen molar-refractivity contribution in [1.29, 1.82) is 5.26 Å². The molecule has 2 N–H and O–H groups in total. The van der Waals surface area contributed by atoms with Gasteiger partial charge in [0, 0.05) is 68.9 Å². The lowest BCUT2D eigenvalue weighted by molar-refractivity contribution is -0.144. The molecule has 0 bridgehead atoms. The Hall–Kier alpha value is -2.89. The number of carboxylic acid groups (broad SMARTS) is 2. The maximum absolute atomic E-state index is 12.1. The molecule has 0 spiro atoms. The first-order valence-electron chi connectivity index (χ1n) is 8.81. The van der Waals surface area contributed by atoms with Gasteiger partial charge in [-0.2, -0.15) is 5.26 Å². The molecule has 0 amide bonds. The van der Waals surface area contributed by atoms with E-state index in [1.165, 1.54) is 6.07 Å². The van der Waals surface area contributed by atoms with Crippen LogP contribution in [0.2, 0.25) is 0 Å². The quantitative estimate of drug-likeness (QED) is 0.793. The Labute approximate surface area is 156 Å². The maximum atomic E-state index is 12.1. The number of fused-ring (bicyclic) bond motifs is 1. The number of aliphatic carboxylic acids is 1. The minimum atomic E-state index is -1.04. The van der Waals surface area contributed by atoms with Crippen molar-refractivity contribution < 1.29 is 19.8 Å². The highest BCUT2D eigenvalue weighted by Crippen LogP contribution is 2.31. The maximum Gasteiger partial charge on any atom is 0.335 e. The second kappa shape index (κ2) is 7.78. The monoisotopic (exact) mass is 370 g/mol. The third-order valence-corrected chi connectivity index (χ3v) is 5.11. The van der Waals surface area contributed by atoms with Crippen LogP contribution in [0.3, 0.4) is 0 Å². The van der Waals surface area contributed by atoms with Crippen LogP contribution in [0.5, 0.6) is 0 Å². The average Bonchev–Trinajstić information content (AvgIpc) is 2.97. The molecule has 2 aromatic rings. The van der Waals surface area contributed by atoms with E-state index in [9.17, 15) is 19.8 Å². The van der Waals surface area contributed by atoms with Crippen LogP contribution in [0.1, 0.15) is 28.4 Å². The van der Waals surface area contributed by atoms with Crippen molar-refractivity contribution in [3.63, 3.8) is 0 Å². The third kappa shape index (κ3) is 3.79. The van der Waals surface area contributed by atoms with Crippen molar-refractivity contribution in [3.05, 3.63) is 35.5 Å². The molecular weight excluding hydrogens is 348 g/mol. The van der Waals surface area contributed by atoms with Crippen LogP contribution in [0, 0.1) is 11.3 Å². The van der Waals surface area contributed by atoms with E-state index in [4.69, 9.17) is 5.26 Å². The van der Waals surface area contributed by atoms with E-state index < -0.39 is 18.0 Å². The van der Waals surface area contributed by atoms with Crippen LogP contribution < -0.4 is 0 Å². The van der Waals surface area contributed by atoms with Gasteiger partial charge in [-0.15, -0.1) is 0 Å². The molecule has 1 saturated heterocycles. The zero-order chi connectivity index (χ0) is 19.6. The summed E-state index contributed by atoms with van der Waals surface area (Å²) in [5.41, 5.74) is 1.54. The molecular formula is C19H22N4O4. The molecule has 1 aromatic carbocycles. The van der Waals surface area contributed by atoms with Gasteiger partial charge in [0.15, 0.2) is 0 Å². The topological polar surface area (TPSA) is 110 Å². The fourth-order valence-corrected chi connectivity index (χ4v) is 3.71. The Bertz CT molecular complexity index is 906. The molecule has 1 fully saturated rings. The second-order valence-corrected chi connectivity index (χ2v) is 6.76. The van der Waals surface area contributed by atoms with Gasteiger partial charge >= 0.3 is 11.9 Å². The fraction of sp³-hybridized carbons (Fsp3) is 0.421. The summed E-state index contributed by atoms with van der Waals surface area (Å²) in [5.74, 6) is -1.99. The first-order valence-corrected chi connectivity index (χ1v) is 8.81. The Kier molecular flexibility index (Phi) is 5.44. The number of carbonyl (C=O) groups is 2. The molecule has 1 aromatic heterocycles. The Morgan fingerprint density at radius 2 is 1.93 bits per heavy atom. The average molecular weight is 370 g/mol. The number of nitrogens with zero attached hydrogens (tertiary/aromatic N) is 4. The zero-order valence-electron chi connectivity index (χ0n) is 15.1. The van der Waals surface area contributed by atoms with Crippen LogP contribution in [-0.2, 0) is 11.8 Å². The lowest BCUT2D eigenvalue weighted by Crippen LogP contribution is -2.49. The van der Waals surface area contributed by atoms with E-state index in [0.29, 0.717) is 50.1 Å². The molecule has 8 nitrogen and oxygen atoms in total. The molecule has 1 unspecified atom stereocenters. The SMILES string of the molecule is Cn1cc(C(C(=O)O)N2CCN(CCC#N)CC2)c2cc(C(=O)O)ccc21. The summed E-state index contributed by atoms with van der Waals surface area (Å²) in [5, 5.41) is 28.5. The minimum absolute atomic E-state index is 0.139. The van der Waals surface area contributed by atoms with Crippen LogP contribution in [-0.4, -0.2) is 69.2 Å². The predicted molar refractivity (Wildman–Crippen MR) is 98.5 cm³/mol. The molecule has 1 aliphatic rings. The van der Waals surface area contributed by atoms with Crippen LogP contribution in [0.4, 0.5) is 0 Å². The Morgan fingerprint density at radius 3 is 2.52 bits per heavy atom. The summed E-state index contributed by atoms with van der Waals surface area (Å²) in [7, 11) is 1.82. The van der Waals surface area contributed by atoms with E-state index in [0.717, 1.165) is 5.52 Å². The standard InChI is InChI=1S/C19H22N4O4/c1-21-12-15(14-11-13(18(24)25)3-4-16(14)21)17(19(26)27)23-9-7-22(8-10-23)6-2-5-20/h3-4,11-12,17H,2,6-10H2,1H3,(H,24,25)(H,26,27). The molecule has 0 radical (unpaired) electrons. The van der Waals surface area contributed by atoms with Crippen molar-refractivity contribution in [3.8, 4) is 6.07 Å². The number of hydrogen-bond donors (Lipinski definition) is 2. The van der Waals surface area contributed by atoms with Crippen molar-refractivity contribution >= 4 is 22.8 Å². The van der Waals surface area contributed by atoms with Crippen LogP contribution in [0.25, 0.3) is 10.9 Å². The number of aryl methyl sites for hydroxylation is 1. The highest BCUT2D eigenvalue weighted by molar-refractivity contribution is 5.96. The summed E-state index contributed by atoms with van der Waals surface area (Å²) in [6, 6.07) is 6.08. The molecule has 2 heterocycles. The fourth-order valence-electron chi connectivity index (χ4n) is 3.71. The summed E-state index contributed by atoms with van der Waals surface area (Å²) in [4.78, 5) is 27.5. The molecule has 0 aliphatic carbocycles. The van der Waals surface area contributed by atoms with E-state index >= 15 is 0 Å². The van der Waals surface area contributed by atoms with E-state index in [2.05, 4.69) is 11.0 Å². The Morgan fingerprint density at radius 1 is 1.22 bits per heavy atom. The first kappa shape index (κ1) is 18.9. The minimum Gasteiger partial charge on any atom is -0.480 e. The van der Waals surface area contributed by atoms with Gasteiger partial charge in [0.05, 0.1) is 11.6 Å². The largest absolute Gasteiger partial charge is 0.480 e. The molecule has 3 rings (SSSR count). The number of aromatic carboxylic acids is 1. The van der Waals surface area contributed by atoms with Gasteiger partial charge in [0.2, 0.25) is 0 Å². The Balaban J connectivity index is 1.92. The number of rotatable bonds is 6. The van der Waals surface area contributed by atoms with Crippen molar-refractivity contribution in [2.45, 2.75) is 12.5 Å². The number of hydrogen-bond acceptors (Lipinski definition) is 5. The number of nitriles is 1. The van der Waals surface area contributed by atoms with Gasteiger partial charge in [-0.3, -0.25) is 14.6 Å². The summed E-state index contributed by atoms with van der Waals surface area (Å²) < 4.78 is 1.83. The number of piperazine rings is 1. The van der Waals surface area contributed by atoms with Crippen LogP contribution >= 0.6 is 0 Å². The van der Waals surface area contributed by atoms with Gasteiger partial charge in [0.1, 0.15) is 6.04 Å². The molecule has 1 aliphatic heterocycles. The summed E-state index contributed by atoms with van der Waals surface area (Å²) in [6.45, 7) is 3.26. The van der Waals surface area contributed by atoms with Crippen LogP contribution in [0.15, 0.2) is 24.4 Å². The van der Waals surface area contributed by atoms with Crippen molar-refractivity contribution in [2.75, 3.05) is 32.7 Å². The van der Waals surface area contributed by atoms with Gasteiger partial charge in [0.25, 0.3) is 0 Å². The van der Waals surface area contributed by atoms with E-state index in [1.54, 1.807) is 18.3 Å². The normalized spacial score (nSPS) is 16.9. The number of benzene rings is 1. The molecule has 142 valence electrons. The molecule has 1 atom stereocenters. The first-order chi connectivity index (χ1) is 12.9. The second-order valence-electron chi connectivity index (χ2n) is 6.76. The summed E-state index contributed by atoms with van der Waals surface area (Å²) in [6.07, 6.45) is 2.24. The third-order valence-electron chi connectivity index (χ3n) is 5.11. The highest BCUT2D eigenvalue weighted by atomic mass is 16.4. The van der Waals surface area contributed by atoms with Gasteiger partial charge in [-0.1, -0.05) is 0 Å². The van der Waals surface area contributed by atoms with Gasteiger partial charge in [-0.25, -0.2) is 4.79 Å². The lowest BCUT2D eigenvalue weighted by atomic mass is 10.0. The number of aromatic nitrogens is 1. The molecule has 27 heavy (non-hydrogen) atoms. The molecule has 0 saturated carbocycles. The van der Waals surface area contributed by atoms with Gasteiger partial charge in [-0.05, 0) is 18.2 Å². The molecule has 8 heteroatoms. The number of carboxylic acids is 2.